The maximum Gasteiger partial charge on any atom is 0.273 e. The maximum absolute atomic E-state index is 11.6. The summed E-state index contributed by atoms with van der Waals surface area (Å²) in [7, 11) is -1.32. The Morgan fingerprint density at radius 1 is 1.62 bits per heavy atom. The zero-order valence-corrected chi connectivity index (χ0v) is 9.57. The smallest absolute Gasteiger partial charge is 0.273 e. The molecule has 0 aliphatic carbocycles. The van der Waals surface area contributed by atoms with E-state index in [9.17, 15) is 13.2 Å². The van der Waals surface area contributed by atoms with E-state index >= 15 is 0 Å². The lowest BCUT2D eigenvalue weighted by Gasteiger charge is -2.08. The van der Waals surface area contributed by atoms with Gasteiger partial charge in [0.05, 0.1) is 17.7 Å². The molecule has 0 saturated carbocycles. The summed E-state index contributed by atoms with van der Waals surface area (Å²) in [4.78, 5) is 11.6. The molecular weight excluding hydrogens is 232 g/mol. The van der Waals surface area contributed by atoms with Gasteiger partial charge in [-0.2, -0.15) is 0 Å². The fourth-order valence-electron chi connectivity index (χ4n) is 1.62. The van der Waals surface area contributed by atoms with Crippen molar-refractivity contribution in [1.82, 2.24) is 20.3 Å². The predicted molar refractivity (Wildman–Crippen MR) is 55.5 cm³/mol. The summed E-state index contributed by atoms with van der Waals surface area (Å²) in [6, 6.07) is -0.306. The summed E-state index contributed by atoms with van der Waals surface area (Å²) in [5.41, 5.74) is 0.201. The quantitative estimate of drug-likeness (QED) is 0.700. The van der Waals surface area contributed by atoms with Crippen molar-refractivity contribution in [1.29, 1.82) is 0 Å². The zero-order chi connectivity index (χ0) is 11.8. The number of carbonyl (C=O) groups is 1. The molecule has 8 heteroatoms. The van der Waals surface area contributed by atoms with Gasteiger partial charge in [-0.1, -0.05) is 5.21 Å². The van der Waals surface area contributed by atoms with E-state index in [0.29, 0.717) is 6.42 Å². The van der Waals surface area contributed by atoms with Crippen molar-refractivity contribution in [3.63, 3.8) is 0 Å². The molecule has 1 fully saturated rings. The highest BCUT2D eigenvalue weighted by Crippen LogP contribution is 2.11. The first-order valence-electron chi connectivity index (χ1n) is 4.84. The van der Waals surface area contributed by atoms with Gasteiger partial charge in [0.2, 0.25) is 0 Å². The molecule has 1 N–H and O–H groups in total. The average Bonchev–Trinajstić information content (AvgIpc) is 2.73. The summed E-state index contributed by atoms with van der Waals surface area (Å²) in [6.45, 7) is 0. The lowest BCUT2D eigenvalue weighted by Crippen LogP contribution is -2.35. The molecule has 88 valence electrons. The van der Waals surface area contributed by atoms with Gasteiger partial charge in [0.25, 0.3) is 5.91 Å². The standard InChI is InChI=1S/C8H12N4O3S/c1-12-4-7(10-11-12)8(13)9-6-2-3-16(14,15)5-6/h4,6H,2-3,5H2,1H3,(H,9,13). The van der Waals surface area contributed by atoms with Crippen molar-refractivity contribution in [3.8, 4) is 0 Å². The monoisotopic (exact) mass is 244 g/mol. The van der Waals surface area contributed by atoms with Crippen LogP contribution >= 0.6 is 0 Å². The highest BCUT2D eigenvalue weighted by atomic mass is 32.2. The van der Waals surface area contributed by atoms with Crippen LogP contribution in [-0.4, -0.2) is 46.9 Å². The van der Waals surface area contributed by atoms with Crippen molar-refractivity contribution in [2.75, 3.05) is 11.5 Å². The molecule has 16 heavy (non-hydrogen) atoms. The topological polar surface area (TPSA) is 94.0 Å². The Morgan fingerprint density at radius 3 is 2.88 bits per heavy atom. The van der Waals surface area contributed by atoms with Crippen molar-refractivity contribution >= 4 is 15.7 Å². The Labute approximate surface area is 92.7 Å². The molecule has 1 saturated heterocycles. The van der Waals surface area contributed by atoms with Crippen LogP contribution in [0, 0.1) is 0 Å². The van der Waals surface area contributed by atoms with Gasteiger partial charge in [-0.3, -0.25) is 9.48 Å². The molecular formula is C8H12N4O3S. The fraction of sp³-hybridized carbons (Fsp3) is 0.625. The molecule has 0 radical (unpaired) electrons. The average molecular weight is 244 g/mol. The minimum atomic E-state index is -2.97. The predicted octanol–water partition coefficient (Wildman–Crippen LogP) is -1.27. The van der Waals surface area contributed by atoms with Crippen molar-refractivity contribution in [3.05, 3.63) is 11.9 Å². The molecule has 0 aromatic carbocycles. The van der Waals surface area contributed by atoms with Crippen LogP contribution in [-0.2, 0) is 16.9 Å². The summed E-state index contributed by atoms with van der Waals surface area (Å²) < 4.78 is 23.8. The second-order valence-corrected chi connectivity index (χ2v) is 6.08. The fourth-order valence-corrected chi connectivity index (χ4v) is 3.29. The van der Waals surface area contributed by atoms with Crippen molar-refractivity contribution in [2.24, 2.45) is 7.05 Å². The van der Waals surface area contributed by atoms with Crippen LogP contribution < -0.4 is 5.32 Å². The van der Waals surface area contributed by atoms with Gasteiger partial charge in [-0.25, -0.2) is 8.42 Å². The highest BCUT2D eigenvalue weighted by Gasteiger charge is 2.29. The SMILES string of the molecule is Cn1cc(C(=O)NC2CCS(=O)(=O)C2)nn1. The van der Waals surface area contributed by atoms with Gasteiger partial charge in [0, 0.05) is 13.1 Å². The Bertz CT molecular complexity index is 507. The van der Waals surface area contributed by atoms with E-state index in [2.05, 4.69) is 15.6 Å². The van der Waals surface area contributed by atoms with E-state index < -0.39 is 9.84 Å². The Balaban J connectivity index is 1.99. The number of carbonyl (C=O) groups excluding carboxylic acids is 1. The molecule has 2 rings (SSSR count). The van der Waals surface area contributed by atoms with Gasteiger partial charge in [-0.15, -0.1) is 5.10 Å². The number of hydrogen-bond donors (Lipinski definition) is 1. The number of sulfone groups is 1. The molecule has 7 nitrogen and oxygen atoms in total. The molecule has 1 unspecified atom stereocenters. The Kier molecular flexibility index (Phi) is 2.66. The van der Waals surface area contributed by atoms with Crippen LogP contribution in [0.3, 0.4) is 0 Å². The van der Waals surface area contributed by atoms with Crippen LogP contribution in [0.15, 0.2) is 6.20 Å². The van der Waals surface area contributed by atoms with Crippen molar-refractivity contribution < 1.29 is 13.2 Å². The number of hydrogen-bond acceptors (Lipinski definition) is 5. The van der Waals surface area contributed by atoms with Crippen LogP contribution in [0.25, 0.3) is 0 Å². The normalized spacial score (nSPS) is 23.2. The second-order valence-electron chi connectivity index (χ2n) is 3.85. The Hall–Kier alpha value is -1.44. The Morgan fingerprint density at radius 2 is 2.38 bits per heavy atom. The van der Waals surface area contributed by atoms with Gasteiger partial charge >= 0.3 is 0 Å². The minimum absolute atomic E-state index is 0.0129. The van der Waals surface area contributed by atoms with Gasteiger partial charge < -0.3 is 5.32 Å². The largest absolute Gasteiger partial charge is 0.347 e. The first-order chi connectivity index (χ1) is 7.46. The van der Waals surface area contributed by atoms with Gasteiger partial charge in [0.1, 0.15) is 0 Å². The minimum Gasteiger partial charge on any atom is -0.347 e. The van der Waals surface area contributed by atoms with E-state index in [1.807, 2.05) is 0 Å². The summed E-state index contributed by atoms with van der Waals surface area (Å²) >= 11 is 0. The molecule has 0 bridgehead atoms. The molecule has 1 atom stereocenters. The number of amides is 1. The van der Waals surface area contributed by atoms with Gasteiger partial charge in [0.15, 0.2) is 15.5 Å². The lowest BCUT2D eigenvalue weighted by molar-refractivity contribution is 0.0936. The first-order valence-corrected chi connectivity index (χ1v) is 6.66. The summed E-state index contributed by atoms with van der Waals surface area (Å²) in [5, 5.41) is 9.90. The third-order valence-corrected chi connectivity index (χ3v) is 4.17. The lowest BCUT2D eigenvalue weighted by atomic mass is 10.2. The maximum atomic E-state index is 11.6. The first kappa shape index (κ1) is 11.1. The highest BCUT2D eigenvalue weighted by molar-refractivity contribution is 7.91. The molecule has 1 amide bonds. The van der Waals surface area contributed by atoms with Gasteiger partial charge in [-0.05, 0) is 6.42 Å². The summed E-state index contributed by atoms with van der Waals surface area (Å²) in [5.74, 6) is -0.229. The number of aryl methyl sites for hydroxylation is 1. The number of rotatable bonds is 2. The van der Waals surface area contributed by atoms with Crippen LogP contribution in [0.5, 0.6) is 0 Å². The zero-order valence-electron chi connectivity index (χ0n) is 8.75. The van der Waals surface area contributed by atoms with E-state index in [1.54, 1.807) is 7.05 Å². The number of nitrogens with one attached hydrogen (secondary N) is 1. The summed E-state index contributed by atoms with van der Waals surface area (Å²) in [6.07, 6.45) is 1.95. The van der Waals surface area contributed by atoms with E-state index in [-0.39, 0.29) is 29.1 Å². The van der Waals surface area contributed by atoms with Crippen molar-refractivity contribution in [2.45, 2.75) is 12.5 Å². The van der Waals surface area contributed by atoms with E-state index in [1.165, 1.54) is 10.9 Å². The number of nitrogens with zero attached hydrogens (tertiary/aromatic N) is 3. The molecule has 0 spiro atoms. The number of aromatic nitrogens is 3. The van der Waals surface area contributed by atoms with E-state index in [4.69, 9.17) is 0 Å². The molecule has 1 aromatic rings. The molecule has 1 aliphatic rings. The third kappa shape index (κ3) is 2.38. The third-order valence-electron chi connectivity index (χ3n) is 2.40. The molecule has 1 aromatic heterocycles. The van der Waals surface area contributed by atoms with E-state index in [0.717, 1.165) is 0 Å². The molecule has 1 aliphatic heterocycles. The van der Waals surface area contributed by atoms with Crippen LogP contribution in [0.4, 0.5) is 0 Å². The van der Waals surface area contributed by atoms with Crippen LogP contribution in [0.2, 0.25) is 0 Å². The van der Waals surface area contributed by atoms with Crippen LogP contribution in [0.1, 0.15) is 16.9 Å². The molecule has 2 heterocycles. The second kappa shape index (κ2) is 3.85.